The Kier molecular flexibility index (Phi) is 60.3. The number of rotatable bonds is 69. The third kappa shape index (κ3) is 66.5. The zero-order valence-corrected chi connectivity index (χ0v) is 61.3. The molecular weight excluding hydrogens is 1200 g/mol. The summed E-state index contributed by atoms with van der Waals surface area (Å²) in [5.74, 6) is 0.834. The number of aliphatic hydroxyl groups excluding tert-OH is 1. The SMILES string of the molecule is CC(C)CCCCCCCCCCCCCCCC(=O)O[C@H](COC(=O)CCCCCCCCCCCCCCC(C)C)COP(=O)(O)OCC(O)COP(=O)(O)OC[C@@H](COC(=O)CCCCCCCCCCC(C)C)OC(=O)CCCCCCCCC(C)C. The summed E-state index contributed by atoms with van der Waals surface area (Å²) in [5, 5.41) is 10.6. The average Bonchev–Trinajstić information content (AvgIpc) is 2.80. The Balaban J connectivity index is 5.23. The van der Waals surface area contributed by atoms with Crippen molar-refractivity contribution in [2.45, 2.75) is 375 Å². The van der Waals surface area contributed by atoms with E-state index in [2.05, 4.69) is 55.4 Å². The Hall–Kier alpha value is -1.94. The maximum absolute atomic E-state index is 13.0. The molecule has 0 aromatic rings. The minimum Gasteiger partial charge on any atom is -0.462 e. The van der Waals surface area contributed by atoms with Crippen LogP contribution in [0.25, 0.3) is 0 Å². The highest BCUT2D eigenvalue weighted by atomic mass is 31.2. The summed E-state index contributed by atoms with van der Waals surface area (Å²) in [7, 11) is -9.90. The Bertz CT molecular complexity index is 1800. The molecule has 0 saturated heterocycles. The highest BCUT2D eigenvalue weighted by Gasteiger charge is 2.30. The third-order valence-corrected chi connectivity index (χ3v) is 18.5. The van der Waals surface area contributed by atoms with Crippen molar-refractivity contribution in [2.75, 3.05) is 39.6 Å². The Morgan fingerprint density at radius 2 is 0.462 bits per heavy atom. The number of carbonyl (C=O) groups excluding carboxylic acids is 4. The number of hydrogen-bond donors (Lipinski definition) is 3. The lowest BCUT2D eigenvalue weighted by Crippen LogP contribution is -2.30. The van der Waals surface area contributed by atoms with Gasteiger partial charge < -0.3 is 33.8 Å². The third-order valence-electron chi connectivity index (χ3n) is 16.6. The van der Waals surface area contributed by atoms with Gasteiger partial charge in [-0.3, -0.25) is 37.3 Å². The summed E-state index contributed by atoms with van der Waals surface area (Å²) < 4.78 is 68.3. The molecule has 0 heterocycles. The van der Waals surface area contributed by atoms with Crippen LogP contribution < -0.4 is 0 Å². The lowest BCUT2D eigenvalue weighted by Gasteiger charge is -2.21. The summed E-state index contributed by atoms with van der Waals surface area (Å²) in [6.07, 6.45) is 44.6. The number of hydrogen-bond acceptors (Lipinski definition) is 15. The number of esters is 4. The molecule has 0 radical (unpaired) electrons. The maximum atomic E-state index is 13.0. The van der Waals surface area contributed by atoms with Crippen molar-refractivity contribution in [3.05, 3.63) is 0 Å². The van der Waals surface area contributed by atoms with E-state index in [1.807, 2.05) is 0 Å². The molecule has 0 aliphatic rings. The predicted octanol–water partition coefficient (Wildman–Crippen LogP) is 20.5. The minimum atomic E-state index is -4.95. The molecule has 540 valence electrons. The molecule has 0 amide bonds. The van der Waals surface area contributed by atoms with Crippen LogP contribution in [0.1, 0.15) is 357 Å². The molecule has 0 aromatic heterocycles. The first-order valence-electron chi connectivity index (χ1n) is 37.2. The van der Waals surface area contributed by atoms with Crippen LogP contribution in [0.3, 0.4) is 0 Å². The van der Waals surface area contributed by atoms with Gasteiger partial charge in [0.1, 0.15) is 19.3 Å². The molecule has 3 unspecified atom stereocenters. The van der Waals surface area contributed by atoms with Crippen molar-refractivity contribution in [1.82, 2.24) is 0 Å². The van der Waals surface area contributed by atoms with E-state index in [-0.39, 0.29) is 25.7 Å². The smallest absolute Gasteiger partial charge is 0.462 e. The zero-order chi connectivity index (χ0) is 67.5. The molecule has 91 heavy (non-hydrogen) atoms. The molecule has 5 atom stereocenters. The van der Waals surface area contributed by atoms with Crippen LogP contribution in [-0.2, 0) is 65.4 Å². The molecule has 0 saturated carbocycles. The first-order valence-corrected chi connectivity index (χ1v) is 40.2. The van der Waals surface area contributed by atoms with Gasteiger partial charge >= 0.3 is 39.5 Å². The lowest BCUT2D eigenvalue weighted by molar-refractivity contribution is -0.161. The van der Waals surface area contributed by atoms with Crippen molar-refractivity contribution in [3.8, 4) is 0 Å². The van der Waals surface area contributed by atoms with Gasteiger partial charge in [0, 0.05) is 25.7 Å². The van der Waals surface area contributed by atoms with E-state index in [1.54, 1.807) is 0 Å². The molecule has 0 bridgehead atoms. The van der Waals surface area contributed by atoms with Gasteiger partial charge in [-0.25, -0.2) is 9.13 Å². The second-order valence-corrected chi connectivity index (χ2v) is 30.8. The number of carbonyl (C=O) groups is 4. The van der Waals surface area contributed by atoms with Crippen molar-refractivity contribution in [3.63, 3.8) is 0 Å². The normalized spacial score (nSPS) is 14.2. The van der Waals surface area contributed by atoms with Gasteiger partial charge in [0.25, 0.3) is 0 Å². The molecule has 0 aliphatic carbocycles. The number of unbranched alkanes of at least 4 members (excludes halogenated alkanes) is 35. The van der Waals surface area contributed by atoms with Gasteiger partial charge in [0.05, 0.1) is 26.4 Å². The summed E-state index contributed by atoms with van der Waals surface area (Å²) in [4.78, 5) is 72.6. The van der Waals surface area contributed by atoms with Crippen LogP contribution >= 0.6 is 15.6 Å². The Morgan fingerprint density at radius 3 is 0.681 bits per heavy atom. The van der Waals surface area contributed by atoms with E-state index in [0.29, 0.717) is 31.6 Å². The first-order chi connectivity index (χ1) is 43.6. The first kappa shape index (κ1) is 89.1. The summed E-state index contributed by atoms with van der Waals surface area (Å²) >= 11 is 0. The van der Waals surface area contributed by atoms with Gasteiger partial charge in [-0.1, -0.05) is 306 Å². The zero-order valence-electron chi connectivity index (χ0n) is 59.5. The molecule has 3 N–H and O–H groups in total. The molecule has 19 heteroatoms. The molecule has 0 spiro atoms. The topological polar surface area (TPSA) is 237 Å². The van der Waals surface area contributed by atoms with Crippen molar-refractivity contribution < 1.29 is 80.2 Å². The number of ether oxygens (including phenoxy) is 4. The quantitative estimate of drug-likeness (QED) is 0.0222. The second kappa shape index (κ2) is 61.6. The molecule has 0 fully saturated rings. The van der Waals surface area contributed by atoms with Gasteiger partial charge in [0.15, 0.2) is 12.2 Å². The van der Waals surface area contributed by atoms with Crippen molar-refractivity contribution in [1.29, 1.82) is 0 Å². The maximum Gasteiger partial charge on any atom is 0.472 e. The highest BCUT2D eigenvalue weighted by molar-refractivity contribution is 7.47. The van der Waals surface area contributed by atoms with E-state index >= 15 is 0 Å². The van der Waals surface area contributed by atoms with E-state index in [4.69, 9.17) is 37.0 Å². The molecule has 0 aliphatic heterocycles. The van der Waals surface area contributed by atoms with Crippen LogP contribution in [0, 0.1) is 23.7 Å². The minimum absolute atomic E-state index is 0.101. The molecule has 17 nitrogen and oxygen atoms in total. The number of phosphoric ester groups is 2. The molecular formula is C72H140O17P2. The van der Waals surface area contributed by atoms with E-state index in [0.717, 1.165) is 108 Å². The van der Waals surface area contributed by atoms with Crippen LogP contribution in [0.5, 0.6) is 0 Å². The van der Waals surface area contributed by atoms with Gasteiger partial charge in [-0.15, -0.1) is 0 Å². The molecule has 0 rings (SSSR count). The average molecular weight is 1340 g/mol. The lowest BCUT2D eigenvalue weighted by atomic mass is 10.0. The van der Waals surface area contributed by atoms with Crippen LogP contribution in [0.15, 0.2) is 0 Å². The second-order valence-electron chi connectivity index (χ2n) is 27.9. The highest BCUT2D eigenvalue weighted by Crippen LogP contribution is 2.45. The largest absolute Gasteiger partial charge is 0.472 e. The molecule has 0 aromatic carbocycles. The number of aliphatic hydroxyl groups is 1. The van der Waals surface area contributed by atoms with Crippen molar-refractivity contribution in [2.24, 2.45) is 23.7 Å². The van der Waals surface area contributed by atoms with Crippen LogP contribution in [-0.4, -0.2) is 96.7 Å². The van der Waals surface area contributed by atoms with Gasteiger partial charge in [0.2, 0.25) is 0 Å². The van der Waals surface area contributed by atoms with Crippen LogP contribution in [0.4, 0.5) is 0 Å². The fraction of sp³-hybridized carbons (Fsp3) is 0.944. The van der Waals surface area contributed by atoms with E-state index < -0.39 is 97.5 Å². The summed E-state index contributed by atoms with van der Waals surface area (Å²) in [5.41, 5.74) is 0. The van der Waals surface area contributed by atoms with Crippen LogP contribution in [0.2, 0.25) is 0 Å². The summed E-state index contributed by atoms with van der Waals surface area (Å²) in [6, 6.07) is 0. The monoisotopic (exact) mass is 1340 g/mol. The predicted molar refractivity (Wildman–Crippen MR) is 367 cm³/mol. The fourth-order valence-corrected chi connectivity index (χ4v) is 12.4. The van der Waals surface area contributed by atoms with Gasteiger partial charge in [-0.05, 0) is 49.4 Å². The Morgan fingerprint density at radius 1 is 0.275 bits per heavy atom. The van der Waals surface area contributed by atoms with E-state index in [1.165, 1.54) is 161 Å². The van der Waals surface area contributed by atoms with E-state index in [9.17, 15) is 43.2 Å². The Labute approximate surface area is 556 Å². The standard InChI is InChI=1S/C72H140O17P2/c1-62(2)48-40-32-24-18-14-10-9-11-17-21-29-38-46-54-71(76)88-67(58-82-69(74)52-44-36-27-20-16-13-12-15-19-25-33-41-49-63(3)4)60-86-90(78,79)84-56-66(73)57-85-91(80,81)87-61-68(89-72(77)55-47-39-31-30-35-43-51-65(7)8)59-83-70(75)53-45-37-28-23-22-26-34-42-50-64(5)6/h62-68,73H,9-61H2,1-8H3,(H,78,79)(H,80,81)/t66?,67-,68-/m1/s1. The summed E-state index contributed by atoms with van der Waals surface area (Å²) in [6.45, 7) is 14.1. The van der Waals surface area contributed by atoms with Gasteiger partial charge in [-0.2, -0.15) is 0 Å². The fourth-order valence-electron chi connectivity index (χ4n) is 10.8. The number of phosphoric acid groups is 2. The van der Waals surface area contributed by atoms with Crippen molar-refractivity contribution >= 4 is 39.5 Å².